The molecule has 3 N–H and O–H groups in total. The van der Waals surface area contributed by atoms with Gasteiger partial charge >= 0.3 is 0 Å². The normalized spacial score (nSPS) is 12.2. The third-order valence-corrected chi connectivity index (χ3v) is 2.84. The molecule has 100 valence electrons. The van der Waals surface area contributed by atoms with E-state index in [0.29, 0.717) is 0 Å². The number of rotatable bonds is 1. The molecule has 1 aromatic heterocycles. The molecule has 3 aromatic rings. The lowest BCUT2D eigenvalue weighted by Crippen LogP contribution is -2.04. The fourth-order valence-corrected chi connectivity index (χ4v) is 1.92. The number of phenols is 3. The molecule has 1 heterocycles. The van der Waals surface area contributed by atoms with Gasteiger partial charge in [-0.1, -0.05) is 12.1 Å². The summed E-state index contributed by atoms with van der Waals surface area (Å²) in [7, 11) is 0. The van der Waals surface area contributed by atoms with Crippen molar-refractivity contribution in [2.75, 3.05) is 0 Å². The van der Waals surface area contributed by atoms with E-state index in [0.717, 1.165) is 24.5 Å². The van der Waals surface area contributed by atoms with Crippen molar-refractivity contribution in [3.8, 4) is 28.4 Å². The quantitative estimate of drug-likeness (QED) is 0.633. The Morgan fingerprint density at radius 2 is 1.75 bits per heavy atom. The maximum atomic E-state index is 12.5. The molecule has 0 atom stereocenters. The zero-order chi connectivity index (χ0) is 16.0. The molecule has 0 saturated heterocycles. The lowest BCUT2D eigenvalue weighted by atomic mass is 10.0. The molecule has 0 saturated carbocycles. The molecule has 3 rings (SSSR count). The summed E-state index contributed by atoms with van der Waals surface area (Å²) in [4.78, 5) is 12.5. The van der Waals surface area contributed by atoms with Crippen molar-refractivity contribution < 1.29 is 22.5 Å². The van der Waals surface area contributed by atoms with E-state index in [4.69, 9.17) is 7.16 Å². The highest BCUT2D eigenvalue weighted by Crippen LogP contribution is 2.29. The van der Waals surface area contributed by atoms with Gasteiger partial charge in [-0.2, -0.15) is 0 Å². The molecule has 0 unspecified atom stereocenters. The Morgan fingerprint density at radius 3 is 2.45 bits per heavy atom. The minimum absolute atomic E-state index is 0.0110. The van der Waals surface area contributed by atoms with Crippen molar-refractivity contribution in [2.24, 2.45) is 0 Å². The van der Waals surface area contributed by atoms with Crippen LogP contribution in [0.5, 0.6) is 17.2 Å². The maximum Gasteiger partial charge on any atom is 0.204 e. The van der Waals surface area contributed by atoms with Crippen LogP contribution in [0.1, 0.15) is 2.74 Å². The van der Waals surface area contributed by atoms with Crippen LogP contribution in [0, 0.1) is 0 Å². The number of phenolic OH excluding ortho intramolecular Hbond substituents is 3. The zero-order valence-electron chi connectivity index (χ0n) is 12.0. The third-order valence-electron chi connectivity index (χ3n) is 2.84. The molecular weight excluding hydrogens is 260 g/mol. The van der Waals surface area contributed by atoms with Crippen molar-refractivity contribution in [2.45, 2.75) is 0 Å². The minimum atomic E-state index is -0.633. The van der Waals surface area contributed by atoms with E-state index >= 15 is 0 Å². The van der Waals surface area contributed by atoms with Crippen LogP contribution in [0.25, 0.3) is 22.1 Å². The highest BCUT2D eigenvalue weighted by atomic mass is 16.3. The predicted molar refractivity (Wildman–Crippen MR) is 72.9 cm³/mol. The first-order chi connectivity index (χ1) is 10.4. The zero-order valence-corrected chi connectivity index (χ0v) is 10.0. The van der Waals surface area contributed by atoms with Crippen LogP contribution < -0.4 is 5.43 Å². The molecule has 2 aromatic carbocycles. The maximum absolute atomic E-state index is 12.5. The van der Waals surface area contributed by atoms with Gasteiger partial charge in [0.05, 0.1) is 8.30 Å². The average molecular weight is 272 g/mol. The summed E-state index contributed by atoms with van der Waals surface area (Å²) < 4.78 is 20.9. The lowest BCUT2D eigenvalue weighted by Gasteiger charge is -2.05. The minimum Gasteiger partial charge on any atom is -0.508 e. The van der Waals surface area contributed by atoms with Crippen molar-refractivity contribution in [1.29, 1.82) is 0 Å². The molecule has 0 amide bonds. The van der Waals surface area contributed by atoms with Gasteiger partial charge in [0.15, 0.2) is 0 Å². The Bertz CT molecular complexity index is 939. The van der Waals surface area contributed by atoms with Crippen LogP contribution in [0.15, 0.2) is 51.8 Å². The second kappa shape index (κ2) is 4.31. The van der Waals surface area contributed by atoms with Gasteiger partial charge in [0.2, 0.25) is 5.43 Å². The standard InChI is InChI=1S/C15H10O5/c16-9-3-1-8(2-4-9)11-7-20-13-6-10(17)5-12(18)14(13)15(11)19/h1-7,16-18H/i1D,2D. The van der Waals surface area contributed by atoms with E-state index in [1.165, 1.54) is 6.07 Å². The second-order valence-corrected chi connectivity index (χ2v) is 4.19. The summed E-state index contributed by atoms with van der Waals surface area (Å²) >= 11 is 0. The molecule has 0 aliphatic heterocycles. The third kappa shape index (κ3) is 1.85. The molecule has 5 heteroatoms. The van der Waals surface area contributed by atoms with Crippen molar-refractivity contribution in [3.05, 3.63) is 52.8 Å². The van der Waals surface area contributed by atoms with E-state index in [1.807, 2.05) is 0 Å². The number of hydrogen-bond donors (Lipinski definition) is 3. The Hall–Kier alpha value is -2.95. The van der Waals surface area contributed by atoms with Crippen LogP contribution in [-0.2, 0) is 0 Å². The fourth-order valence-electron chi connectivity index (χ4n) is 1.92. The summed E-state index contributed by atoms with van der Waals surface area (Å²) in [5, 5.41) is 28.5. The monoisotopic (exact) mass is 272 g/mol. The van der Waals surface area contributed by atoms with Crippen LogP contribution >= 0.6 is 0 Å². The first-order valence-electron chi connectivity index (χ1n) is 6.66. The molecule has 20 heavy (non-hydrogen) atoms. The number of fused-ring (bicyclic) bond motifs is 1. The topological polar surface area (TPSA) is 90.9 Å². The fraction of sp³-hybridized carbons (Fsp3) is 0. The van der Waals surface area contributed by atoms with Gasteiger partial charge < -0.3 is 19.7 Å². The molecule has 0 radical (unpaired) electrons. The van der Waals surface area contributed by atoms with E-state index in [-0.39, 0.29) is 45.7 Å². The highest BCUT2D eigenvalue weighted by molar-refractivity contribution is 5.87. The Balaban J connectivity index is 2.39. The van der Waals surface area contributed by atoms with Crippen LogP contribution in [-0.4, -0.2) is 15.3 Å². The number of hydrogen-bond acceptors (Lipinski definition) is 5. The highest BCUT2D eigenvalue weighted by Gasteiger charge is 2.13. The Kier molecular flexibility index (Phi) is 2.13. The molecule has 0 aliphatic carbocycles. The molecule has 5 nitrogen and oxygen atoms in total. The summed E-state index contributed by atoms with van der Waals surface area (Å²) in [5.41, 5.74) is -0.737. The van der Waals surface area contributed by atoms with E-state index in [1.54, 1.807) is 0 Å². The molecule has 0 fully saturated rings. The Labute approximate surface area is 115 Å². The summed E-state index contributed by atoms with van der Waals surface area (Å²) in [5.74, 6) is -0.966. The van der Waals surface area contributed by atoms with Gasteiger partial charge in [-0.15, -0.1) is 0 Å². The van der Waals surface area contributed by atoms with Gasteiger partial charge in [-0.3, -0.25) is 4.79 Å². The molecule has 0 bridgehead atoms. The largest absolute Gasteiger partial charge is 0.508 e. The van der Waals surface area contributed by atoms with Gasteiger partial charge in [0.25, 0.3) is 0 Å². The number of aromatic hydroxyl groups is 3. The van der Waals surface area contributed by atoms with Crippen molar-refractivity contribution >= 4 is 11.0 Å². The lowest BCUT2D eigenvalue weighted by molar-refractivity contribution is 0.452. The van der Waals surface area contributed by atoms with Crippen LogP contribution in [0.3, 0.4) is 0 Å². The van der Waals surface area contributed by atoms with Crippen molar-refractivity contribution in [3.63, 3.8) is 0 Å². The van der Waals surface area contributed by atoms with Crippen LogP contribution in [0.4, 0.5) is 0 Å². The van der Waals surface area contributed by atoms with E-state index < -0.39 is 11.2 Å². The Morgan fingerprint density at radius 1 is 1.05 bits per heavy atom. The predicted octanol–water partition coefficient (Wildman–Crippen LogP) is 2.58. The van der Waals surface area contributed by atoms with Gasteiger partial charge in [0.1, 0.15) is 34.5 Å². The summed E-state index contributed by atoms with van der Waals surface area (Å²) in [6.45, 7) is 0. The molecule has 0 spiro atoms. The van der Waals surface area contributed by atoms with E-state index in [2.05, 4.69) is 0 Å². The van der Waals surface area contributed by atoms with Crippen LogP contribution in [0.2, 0.25) is 0 Å². The smallest absolute Gasteiger partial charge is 0.204 e. The first-order valence-corrected chi connectivity index (χ1v) is 5.66. The van der Waals surface area contributed by atoms with Gasteiger partial charge in [-0.05, 0) is 17.7 Å². The molecule has 0 aliphatic rings. The number of benzene rings is 2. The van der Waals surface area contributed by atoms with Gasteiger partial charge in [0, 0.05) is 12.1 Å². The van der Waals surface area contributed by atoms with E-state index in [9.17, 15) is 20.1 Å². The average Bonchev–Trinajstić information content (AvgIpc) is 2.39. The summed E-state index contributed by atoms with van der Waals surface area (Å²) in [6, 6.07) is 3.97. The SMILES string of the molecule is [2H]c1cc(O)cc([2H])c1-c1coc2cc(O)cc(O)c2c1=O. The van der Waals surface area contributed by atoms with Crippen molar-refractivity contribution in [1.82, 2.24) is 0 Å². The molecular formula is C15H10O5. The van der Waals surface area contributed by atoms with Gasteiger partial charge in [-0.25, -0.2) is 0 Å². The summed E-state index contributed by atoms with van der Waals surface area (Å²) in [6.07, 6.45) is 1.06. The first kappa shape index (κ1) is 9.91. The second-order valence-electron chi connectivity index (χ2n) is 4.19.